The van der Waals surface area contributed by atoms with Crippen LogP contribution in [0.5, 0.6) is 0 Å². The zero-order valence-corrected chi connectivity index (χ0v) is 18.6. The molecule has 2 heterocycles. The minimum absolute atomic E-state index is 0.478. The van der Waals surface area contributed by atoms with Crippen molar-refractivity contribution in [2.75, 3.05) is 6.54 Å². The van der Waals surface area contributed by atoms with E-state index in [4.69, 9.17) is 0 Å². The van der Waals surface area contributed by atoms with Crippen LogP contribution >= 0.6 is 0 Å². The maximum Gasteiger partial charge on any atom is 0.275 e. The number of hydrogen-bond acceptors (Lipinski definition) is 0. The molecule has 2 nitrogen and oxygen atoms in total. The lowest BCUT2D eigenvalue weighted by Crippen LogP contribution is -2.83. The standard InChI is InChI=1S/C29H29N2/c1-20(2)18-26(22-10-6-4-7-11-22)24-14-15-25-27(23-12-8-5-9-13-23)19-21(3)31-17-16-30-28(24)29(25)31/h4-15,18-20,30H,16-17H2,1-3H3/q+1/p+1/b26-18-. The minimum Gasteiger partial charge on any atom is -0.302 e. The fraction of sp³-hybridized carbons (Fsp3) is 0.207. The van der Waals surface area contributed by atoms with Crippen molar-refractivity contribution in [1.82, 2.24) is 0 Å². The minimum atomic E-state index is 0.478. The molecule has 0 aliphatic carbocycles. The van der Waals surface area contributed by atoms with Crippen molar-refractivity contribution >= 4 is 22.2 Å². The Labute approximate surface area is 184 Å². The number of benzene rings is 3. The highest BCUT2D eigenvalue weighted by Gasteiger charge is 2.30. The molecule has 0 saturated carbocycles. The maximum absolute atomic E-state index is 2.51. The number of rotatable bonds is 4. The number of pyridine rings is 1. The van der Waals surface area contributed by atoms with Crippen LogP contribution in [0.2, 0.25) is 0 Å². The van der Waals surface area contributed by atoms with E-state index in [0.717, 1.165) is 13.1 Å². The van der Waals surface area contributed by atoms with Gasteiger partial charge in [0.15, 0.2) is 12.2 Å². The van der Waals surface area contributed by atoms with Crippen molar-refractivity contribution in [3.05, 3.63) is 102 Å². The van der Waals surface area contributed by atoms with Gasteiger partial charge in [0.1, 0.15) is 6.54 Å². The van der Waals surface area contributed by atoms with Crippen molar-refractivity contribution in [2.24, 2.45) is 5.92 Å². The first-order valence-electron chi connectivity index (χ1n) is 11.3. The molecule has 0 spiro atoms. The third-order valence-electron chi connectivity index (χ3n) is 6.22. The van der Waals surface area contributed by atoms with Gasteiger partial charge >= 0.3 is 0 Å². The Balaban J connectivity index is 1.82. The van der Waals surface area contributed by atoms with E-state index < -0.39 is 0 Å². The van der Waals surface area contributed by atoms with Crippen LogP contribution in [0.25, 0.3) is 27.6 Å². The summed E-state index contributed by atoms with van der Waals surface area (Å²) in [7, 11) is 0. The van der Waals surface area contributed by atoms with Crippen LogP contribution < -0.4 is 9.88 Å². The molecule has 0 unspecified atom stereocenters. The monoisotopic (exact) mass is 406 g/mol. The van der Waals surface area contributed by atoms with Crippen LogP contribution in [0, 0.1) is 12.8 Å². The van der Waals surface area contributed by atoms with Gasteiger partial charge in [-0.15, -0.1) is 0 Å². The normalized spacial score (nSPS) is 13.7. The third kappa shape index (κ3) is 3.58. The van der Waals surface area contributed by atoms with Gasteiger partial charge in [0.2, 0.25) is 5.69 Å². The summed E-state index contributed by atoms with van der Waals surface area (Å²) in [5.74, 6) is 0.478. The first-order valence-corrected chi connectivity index (χ1v) is 11.3. The van der Waals surface area contributed by atoms with Gasteiger partial charge in [-0.2, -0.15) is 4.57 Å². The molecule has 0 saturated heterocycles. The fourth-order valence-corrected chi connectivity index (χ4v) is 4.87. The Bertz CT molecular complexity index is 1270. The molecule has 1 aliphatic heterocycles. The lowest BCUT2D eigenvalue weighted by Gasteiger charge is -2.19. The van der Waals surface area contributed by atoms with Gasteiger partial charge < -0.3 is 5.32 Å². The fourth-order valence-electron chi connectivity index (χ4n) is 4.87. The summed E-state index contributed by atoms with van der Waals surface area (Å²) in [5.41, 5.74) is 10.6. The lowest BCUT2D eigenvalue weighted by molar-refractivity contribution is -0.737. The highest BCUT2D eigenvalue weighted by atomic mass is 15.1. The van der Waals surface area contributed by atoms with E-state index in [9.17, 15) is 0 Å². The molecule has 31 heavy (non-hydrogen) atoms. The second-order valence-corrected chi connectivity index (χ2v) is 8.82. The van der Waals surface area contributed by atoms with Crippen LogP contribution in [0.3, 0.4) is 0 Å². The van der Waals surface area contributed by atoms with E-state index in [2.05, 4.69) is 116 Å². The van der Waals surface area contributed by atoms with Gasteiger partial charge in [-0.1, -0.05) is 80.6 Å². The largest absolute Gasteiger partial charge is 0.302 e. The molecule has 1 aliphatic rings. The van der Waals surface area contributed by atoms with E-state index >= 15 is 0 Å². The zero-order valence-electron chi connectivity index (χ0n) is 18.6. The van der Waals surface area contributed by atoms with Crippen molar-refractivity contribution in [3.63, 3.8) is 0 Å². The Morgan fingerprint density at radius 2 is 1.65 bits per heavy atom. The average molecular weight is 407 g/mol. The molecule has 0 bridgehead atoms. The number of nitrogens with zero attached hydrogens (tertiary/aromatic N) is 1. The summed E-state index contributed by atoms with van der Waals surface area (Å²) in [4.78, 5) is 0. The summed E-state index contributed by atoms with van der Waals surface area (Å²) >= 11 is 0. The smallest absolute Gasteiger partial charge is 0.275 e. The predicted molar refractivity (Wildman–Crippen MR) is 129 cm³/mol. The predicted octanol–water partition coefficient (Wildman–Crippen LogP) is 5.40. The summed E-state index contributed by atoms with van der Waals surface area (Å²) < 4.78 is 2.51. The van der Waals surface area contributed by atoms with Crippen molar-refractivity contribution < 1.29 is 9.88 Å². The molecule has 0 amide bonds. The van der Waals surface area contributed by atoms with Gasteiger partial charge in [0.25, 0.3) is 5.52 Å². The lowest BCUT2D eigenvalue weighted by atomic mass is 9.90. The summed E-state index contributed by atoms with van der Waals surface area (Å²) in [6.45, 7) is 8.88. The molecule has 0 fully saturated rings. The van der Waals surface area contributed by atoms with E-state index in [1.807, 2.05) is 0 Å². The summed E-state index contributed by atoms with van der Waals surface area (Å²) in [5, 5.41) is 3.78. The number of aryl methyl sites for hydroxylation is 1. The Kier molecular flexibility index (Phi) is 5.17. The highest BCUT2D eigenvalue weighted by Crippen LogP contribution is 2.36. The molecule has 2 heteroatoms. The summed E-state index contributed by atoms with van der Waals surface area (Å²) in [6, 6.07) is 28.6. The molecule has 4 aromatic rings. The van der Waals surface area contributed by atoms with E-state index in [-0.39, 0.29) is 0 Å². The van der Waals surface area contributed by atoms with Crippen LogP contribution in [0.15, 0.2) is 84.9 Å². The molecule has 154 valence electrons. The maximum atomic E-state index is 2.51. The second-order valence-electron chi connectivity index (χ2n) is 8.82. The van der Waals surface area contributed by atoms with Crippen molar-refractivity contribution in [3.8, 4) is 11.1 Å². The van der Waals surface area contributed by atoms with Gasteiger partial charge in [-0.05, 0) is 34.8 Å². The first kappa shape index (κ1) is 19.7. The number of quaternary nitrogens is 1. The SMILES string of the molecule is Cc1cc(-c2ccccc2)c2ccc(/C(=C\C(C)C)c3ccccc3)c3c2[n+]1CC[NH2+]3. The van der Waals surface area contributed by atoms with E-state index in [1.165, 1.54) is 50.1 Å². The second kappa shape index (κ2) is 8.13. The highest BCUT2D eigenvalue weighted by molar-refractivity contribution is 6.01. The molecule has 3 aromatic carbocycles. The van der Waals surface area contributed by atoms with E-state index in [0.29, 0.717) is 5.92 Å². The van der Waals surface area contributed by atoms with Crippen molar-refractivity contribution in [1.29, 1.82) is 0 Å². The summed E-state index contributed by atoms with van der Waals surface area (Å²) in [6.07, 6.45) is 2.41. The molecular formula is C29H30N2+2. The van der Waals surface area contributed by atoms with Crippen molar-refractivity contribution in [2.45, 2.75) is 27.3 Å². The van der Waals surface area contributed by atoms with Crippen LogP contribution in [-0.4, -0.2) is 6.54 Å². The molecule has 1 aromatic heterocycles. The number of nitrogens with two attached hydrogens (primary N) is 1. The number of hydrogen-bond donors (Lipinski definition) is 1. The third-order valence-corrected chi connectivity index (χ3v) is 6.22. The topological polar surface area (TPSA) is 20.5 Å². The Morgan fingerprint density at radius 1 is 0.935 bits per heavy atom. The first-order chi connectivity index (χ1) is 15.1. The van der Waals surface area contributed by atoms with Crippen LogP contribution in [0.1, 0.15) is 30.7 Å². The average Bonchev–Trinajstić information content (AvgIpc) is 2.81. The van der Waals surface area contributed by atoms with Crippen LogP contribution in [0.4, 0.5) is 5.69 Å². The van der Waals surface area contributed by atoms with Gasteiger partial charge in [-0.25, -0.2) is 0 Å². The quantitative estimate of drug-likeness (QED) is 0.346. The van der Waals surface area contributed by atoms with Crippen LogP contribution in [-0.2, 0) is 6.54 Å². The number of aromatic nitrogens is 1. The number of allylic oxidation sites excluding steroid dienone is 1. The molecule has 0 atom stereocenters. The van der Waals surface area contributed by atoms with E-state index in [1.54, 1.807) is 0 Å². The molecule has 5 rings (SSSR count). The Hall–Kier alpha value is -3.23. The molecular weight excluding hydrogens is 376 g/mol. The van der Waals surface area contributed by atoms with Gasteiger partial charge in [0.05, 0.1) is 5.39 Å². The van der Waals surface area contributed by atoms with Gasteiger partial charge in [0, 0.05) is 24.1 Å². The zero-order chi connectivity index (χ0) is 21.4. The van der Waals surface area contributed by atoms with Gasteiger partial charge in [-0.3, -0.25) is 0 Å². The molecule has 0 radical (unpaired) electrons. The molecule has 2 N–H and O–H groups in total. The Morgan fingerprint density at radius 3 is 2.35 bits per heavy atom.